The third-order valence-corrected chi connectivity index (χ3v) is 2.66. The van der Waals surface area contributed by atoms with Gasteiger partial charge in [0.25, 0.3) is 5.91 Å². The molecule has 1 amide bonds. The number of hydrogen-bond donors (Lipinski definition) is 1. The van der Waals surface area contributed by atoms with Crippen LogP contribution in [0.15, 0.2) is 41.0 Å². The molecular formula is C14H14FNO3. The van der Waals surface area contributed by atoms with Gasteiger partial charge in [-0.3, -0.25) is 4.79 Å². The van der Waals surface area contributed by atoms with Crippen LogP contribution in [0.2, 0.25) is 0 Å². The van der Waals surface area contributed by atoms with Crippen molar-refractivity contribution in [2.75, 3.05) is 13.7 Å². The highest BCUT2D eigenvalue weighted by Gasteiger charge is 2.16. The molecule has 2 aromatic rings. The molecule has 0 saturated carbocycles. The summed E-state index contributed by atoms with van der Waals surface area (Å²) in [5, 5.41) is 2.63. The van der Waals surface area contributed by atoms with Crippen molar-refractivity contribution >= 4 is 5.91 Å². The largest absolute Gasteiger partial charge is 0.496 e. The molecule has 2 rings (SSSR count). The number of hydrogen-bond acceptors (Lipinski definition) is 3. The second kappa shape index (κ2) is 6.04. The third-order valence-electron chi connectivity index (χ3n) is 2.66. The maximum absolute atomic E-state index is 13.6. The Morgan fingerprint density at radius 2 is 2.21 bits per heavy atom. The molecule has 0 saturated heterocycles. The Hall–Kier alpha value is -2.30. The van der Waals surface area contributed by atoms with Crippen molar-refractivity contribution < 1.29 is 18.3 Å². The molecule has 0 radical (unpaired) electrons. The number of benzene rings is 1. The Labute approximate surface area is 110 Å². The Morgan fingerprint density at radius 3 is 2.89 bits per heavy atom. The number of ether oxygens (including phenoxy) is 1. The van der Waals surface area contributed by atoms with E-state index in [4.69, 9.17) is 9.15 Å². The van der Waals surface area contributed by atoms with Gasteiger partial charge in [-0.2, -0.15) is 0 Å². The predicted octanol–water partition coefficient (Wildman–Crippen LogP) is 2.40. The summed E-state index contributed by atoms with van der Waals surface area (Å²) < 4.78 is 23.7. The van der Waals surface area contributed by atoms with Crippen LogP contribution in [0.3, 0.4) is 0 Å². The number of halogens is 1. The van der Waals surface area contributed by atoms with Gasteiger partial charge in [0, 0.05) is 13.0 Å². The van der Waals surface area contributed by atoms with Gasteiger partial charge in [-0.1, -0.05) is 6.07 Å². The van der Waals surface area contributed by atoms with Crippen LogP contribution < -0.4 is 10.1 Å². The SMILES string of the molecule is COc1cccc(F)c1C(=O)NCCc1ccco1. The number of carbonyl (C=O) groups excluding carboxylic acids is 1. The maximum Gasteiger partial charge on any atom is 0.258 e. The van der Waals surface area contributed by atoms with E-state index in [1.165, 1.54) is 19.2 Å². The second-order valence-corrected chi connectivity index (χ2v) is 3.90. The van der Waals surface area contributed by atoms with E-state index in [1.807, 2.05) is 6.07 Å². The monoisotopic (exact) mass is 263 g/mol. The van der Waals surface area contributed by atoms with E-state index in [1.54, 1.807) is 18.4 Å². The summed E-state index contributed by atoms with van der Waals surface area (Å²) in [6.45, 7) is 0.365. The fourth-order valence-electron chi connectivity index (χ4n) is 1.74. The molecule has 0 fully saturated rings. The molecular weight excluding hydrogens is 249 g/mol. The quantitative estimate of drug-likeness (QED) is 0.901. The first kappa shape index (κ1) is 13.1. The van der Waals surface area contributed by atoms with Crippen LogP contribution in [0.1, 0.15) is 16.1 Å². The summed E-state index contributed by atoms with van der Waals surface area (Å²) in [6, 6.07) is 7.86. The van der Waals surface area contributed by atoms with E-state index in [-0.39, 0.29) is 11.3 Å². The number of amides is 1. The molecule has 0 atom stereocenters. The zero-order chi connectivity index (χ0) is 13.7. The molecule has 0 spiro atoms. The van der Waals surface area contributed by atoms with Gasteiger partial charge < -0.3 is 14.5 Å². The van der Waals surface area contributed by atoms with Gasteiger partial charge in [0.15, 0.2) is 0 Å². The second-order valence-electron chi connectivity index (χ2n) is 3.90. The molecule has 0 aliphatic rings. The van der Waals surface area contributed by atoms with Crippen molar-refractivity contribution in [2.24, 2.45) is 0 Å². The van der Waals surface area contributed by atoms with E-state index >= 15 is 0 Å². The summed E-state index contributed by atoms with van der Waals surface area (Å²) in [6.07, 6.45) is 2.12. The summed E-state index contributed by atoms with van der Waals surface area (Å²) >= 11 is 0. The minimum atomic E-state index is -0.602. The molecule has 1 aromatic carbocycles. The summed E-state index contributed by atoms with van der Waals surface area (Å²) in [5.41, 5.74) is -0.0792. The first-order valence-corrected chi connectivity index (χ1v) is 5.85. The van der Waals surface area contributed by atoms with Crippen molar-refractivity contribution in [3.05, 3.63) is 53.7 Å². The summed E-state index contributed by atoms with van der Waals surface area (Å²) in [7, 11) is 1.40. The number of methoxy groups -OCH3 is 1. The van der Waals surface area contributed by atoms with E-state index in [2.05, 4.69) is 5.32 Å². The highest BCUT2D eigenvalue weighted by molar-refractivity contribution is 5.97. The Morgan fingerprint density at radius 1 is 1.37 bits per heavy atom. The van der Waals surface area contributed by atoms with Gasteiger partial charge in [-0.05, 0) is 24.3 Å². The van der Waals surface area contributed by atoms with Gasteiger partial charge in [0.1, 0.15) is 22.9 Å². The smallest absolute Gasteiger partial charge is 0.258 e. The van der Waals surface area contributed by atoms with Crippen molar-refractivity contribution in [3.8, 4) is 5.75 Å². The van der Waals surface area contributed by atoms with Crippen molar-refractivity contribution in [2.45, 2.75) is 6.42 Å². The van der Waals surface area contributed by atoms with Crippen molar-refractivity contribution in [3.63, 3.8) is 0 Å². The zero-order valence-corrected chi connectivity index (χ0v) is 10.5. The minimum Gasteiger partial charge on any atom is -0.496 e. The molecule has 1 aromatic heterocycles. The van der Waals surface area contributed by atoms with Crippen molar-refractivity contribution in [1.82, 2.24) is 5.32 Å². The lowest BCUT2D eigenvalue weighted by Gasteiger charge is -2.09. The molecule has 5 heteroatoms. The Kier molecular flexibility index (Phi) is 4.18. The van der Waals surface area contributed by atoms with Crippen LogP contribution in [-0.2, 0) is 6.42 Å². The van der Waals surface area contributed by atoms with Crippen LogP contribution in [0.5, 0.6) is 5.75 Å². The highest BCUT2D eigenvalue weighted by Crippen LogP contribution is 2.20. The van der Waals surface area contributed by atoms with E-state index in [0.717, 1.165) is 5.76 Å². The first-order chi connectivity index (χ1) is 9.22. The van der Waals surface area contributed by atoms with Gasteiger partial charge in [-0.25, -0.2) is 4.39 Å². The van der Waals surface area contributed by atoms with Crippen LogP contribution in [0.25, 0.3) is 0 Å². The number of rotatable bonds is 5. The average molecular weight is 263 g/mol. The fourth-order valence-corrected chi connectivity index (χ4v) is 1.74. The molecule has 0 bridgehead atoms. The molecule has 100 valence electrons. The lowest BCUT2D eigenvalue weighted by Crippen LogP contribution is -2.27. The van der Waals surface area contributed by atoms with E-state index < -0.39 is 11.7 Å². The topological polar surface area (TPSA) is 51.5 Å². The van der Waals surface area contributed by atoms with Gasteiger partial charge in [0.05, 0.1) is 13.4 Å². The van der Waals surface area contributed by atoms with Crippen molar-refractivity contribution in [1.29, 1.82) is 0 Å². The predicted molar refractivity (Wildman–Crippen MR) is 67.7 cm³/mol. The molecule has 0 aliphatic carbocycles. The van der Waals surface area contributed by atoms with Gasteiger partial charge in [0.2, 0.25) is 0 Å². The van der Waals surface area contributed by atoms with Gasteiger partial charge >= 0.3 is 0 Å². The van der Waals surface area contributed by atoms with Crippen LogP contribution in [0, 0.1) is 5.82 Å². The van der Waals surface area contributed by atoms with E-state index in [9.17, 15) is 9.18 Å². The Balaban J connectivity index is 2.00. The van der Waals surface area contributed by atoms with E-state index in [0.29, 0.717) is 13.0 Å². The number of furan rings is 1. The third kappa shape index (κ3) is 3.13. The Bertz CT molecular complexity index is 552. The standard InChI is InChI=1S/C14H14FNO3/c1-18-12-6-2-5-11(15)13(12)14(17)16-8-7-10-4-3-9-19-10/h2-6,9H,7-8H2,1H3,(H,16,17). The fraction of sp³-hybridized carbons (Fsp3) is 0.214. The van der Waals surface area contributed by atoms with Crippen LogP contribution in [0.4, 0.5) is 4.39 Å². The van der Waals surface area contributed by atoms with Crippen LogP contribution >= 0.6 is 0 Å². The highest BCUT2D eigenvalue weighted by atomic mass is 19.1. The average Bonchev–Trinajstić information content (AvgIpc) is 2.91. The molecule has 0 unspecified atom stereocenters. The zero-order valence-electron chi connectivity index (χ0n) is 10.5. The summed E-state index contributed by atoms with van der Waals surface area (Å²) in [5.74, 6) is -0.118. The molecule has 0 aliphatic heterocycles. The number of nitrogens with one attached hydrogen (secondary N) is 1. The first-order valence-electron chi connectivity index (χ1n) is 5.85. The lowest BCUT2D eigenvalue weighted by atomic mass is 10.1. The molecule has 19 heavy (non-hydrogen) atoms. The molecule has 4 nitrogen and oxygen atoms in total. The number of carbonyl (C=O) groups is 1. The minimum absolute atomic E-state index is 0.0792. The summed E-state index contributed by atoms with van der Waals surface area (Å²) in [4.78, 5) is 11.9. The molecule has 1 heterocycles. The molecule has 1 N–H and O–H groups in total. The normalized spacial score (nSPS) is 10.2. The maximum atomic E-state index is 13.6. The van der Waals surface area contributed by atoms with Gasteiger partial charge in [-0.15, -0.1) is 0 Å². The lowest BCUT2D eigenvalue weighted by molar-refractivity contribution is 0.0946. The van der Waals surface area contributed by atoms with Crippen LogP contribution in [-0.4, -0.2) is 19.6 Å².